The number of hydrogen-bond donors (Lipinski definition) is 0. The molecule has 0 N–H and O–H groups in total. The summed E-state index contributed by atoms with van der Waals surface area (Å²) in [7, 11) is 14.3. The van der Waals surface area contributed by atoms with Crippen molar-refractivity contribution in [2.75, 3.05) is 109 Å². The molecule has 7 saturated heterocycles. The SMILES string of the molecule is C.CC(C)C[C@H]1CCC2=NN(C)CN21.CC(C)[C@H]1CCC2=NN(C)CN21.CN1CN2C(=N1)CC[C@@H]2C(C)(C)C.CN1CN2C(=N1)CC[C@@H]2CC(C)(C)C.CN1CN2C(=N1)CC[C@@H]2Cc1ccccc1.CN1CN2CCCC2=N1.CN1CN2CCCC2=N1. The maximum absolute atomic E-state index is 4.52. The molecule has 1 aromatic carbocycles. The van der Waals surface area contributed by atoms with Crippen molar-refractivity contribution in [2.24, 2.45) is 58.4 Å². The first kappa shape index (κ1) is 67.0. The van der Waals surface area contributed by atoms with Gasteiger partial charge in [-0.3, -0.25) is 35.1 Å². The van der Waals surface area contributed by atoms with Crippen LogP contribution in [0.4, 0.5) is 0 Å². The van der Waals surface area contributed by atoms with Crippen molar-refractivity contribution < 1.29 is 0 Å². The average molecular weight is 1210 g/mol. The molecule has 1 aromatic rings. The van der Waals surface area contributed by atoms with Crippen LogP contribution in [0.25, 0.3) is 0 Å². The topological polar surface area (TPSA) is 132 Å². The van der Waals surface area contributed by atoms with Crippen molar-refractivity contribution in [1.82, 2.24) is 69.4 Å². The van der Waals surface area contributed by atoms with E-state index >= 15 is 0 Å². The van der Waals surface area contributed by atoms with Crippen LogP contribution in [0.1, 0.15) is 185 Å². The van der Waals surface area contributed by atoms with E-state index in [4.69, 9.17) is 0 Å². The molecule has 0 saturated carbocycles. The van der Waals surface area contributed by atoms with Crippen molar-refractivity contribution in [3.05, 3.63) is 35.9 Å². The second kappa shape index (κ2) is 29.2. The Morgan fingerprint density at radius 3 is 1.26 bits per heavy atom. The summed E-state index contributed by atoms with van der Waals surface area (Å²) in [5.41, 5.74) is 2.24. The maximum Gasteiger partial charge on any atom is 0.126 e. The first-order valence-electron chi connectivity index (χ1n) is 33.2. The zero-order chi connectivity index (χ0) is 61.6. The quantitative estimate of drug-likeness (QED) is 0.268. The van der Waals surface area contributed by atoms with Crippen LogP contribution in [-0.2, 0) is 6.42 Å². The number of nitrogens with zero attached hydrogens (tertiary/aromatic N) is 21. The van der Waals surface area contributed by atoms with Gasteiger partial charge in [-0.05, 0) is 92.4 Å². The summed E-state index contributed by atoms with van der Waals surface area (Å²) in [5, 5.41) is 45.3. The van der Waals surface area contributed by atoms with E-state index < -0.39 is 0 Å². The third-order valence-corrected chi connectivity index (χ3v) is 18.8. The Kier molecular flexibility index (Phi) is 22.5. The predicted octanol–water partition coefficient (Wildman–Crippen LogP) is 10.00. The van der Waals surface area contributed by atoms with Gasteiger partial charge in [0.1, 0.15) is 87.5 Å². The van der Waals surface area contributed by atoms with Gasteiger partial charge in [0, 0.05) is 138 Å². The summed E-state index contributed by atoms with van der Waals surface area (Å²) >= 11 is 0. The molecule has 0 bridgehead atoms. The van der Waals surface area contributed by atoms with Gasteiger partial charge < -0.3 is 34.3 Å². The lowest BCUT2D eigenvalue weighted by molar-refractivity contribution is 0.148. The van der Waals surface area contributed by atoms with E-state index in [0.29, 0.717) is 22.9 Å². The maximum atomic E-state index is 4.52. The highest BCUT2D eigenvalue weighted by molar-refractivity contribution is 5.88. The lowest BCUT2D eigenvalue weighted by Gasteiger charge is -2.34. The Hall–Kier alpha value is -5.89. The number of benzene rings is 1. The number of hydrogen-bond acceptors (Lipinski definition) is 21. The van der Waals surface area contributed by atoms with Crippen LogP contribution in [0.3, 0.4) is 0 Å². The highest BCUT2D eigenvalue weighted by Gasteiger charge is 2.41. The molecule has 15 rings (SSSR count). The lowest BCUT2D eigenvalue weighted by atomic mass is 9.85. The Morgan fingerprint density at radius 2 is 0.805 bits per heavy atom. The molecule has 14 aliphatic heterocycles. The highest BCUT2D eigenvalue weighted by Crippen LogP contribution is 2.37. The van der Waals surface area contributed by atoms with Gasteiger partial charge in [0.05, 0.1) is 0 Å². The molecule has 0 aromatic heterocycles. The third kappa shape index (κ3) is 17.7. The molecule has 0 radical (unpaired) electrons. The van der Waals surface area contributed by atoms with Crippen LogP contribution in [0.5, 0.6) is 0 Å². The first-order chi connectivity index (χ1) is 40.8. The molecule has 5 atom stereocenters. The summed E-state index contributed by atoms with van der Waals surface area (Å²) in [5.74, 6) is 10.6. The fourth-order valence-electron chi connectivity index (χ4n) is 15.0. The molecule has 87 heavy (non-hydrogen) atoms. The van der Waals surface area contributed by atoms with Gasteiger partial charge in [-0.1, -0.05) is 107 Å². The van der Waals surface area contributed by atoms with E-state index in [1.54, 1.807) is 0 Å². The van der Waals surface area contributed by atoms with Crippen LogP contribution in [0.15, 0.2) is 66.0 Å². The van der Waals surface area contributed by atoms with Crippen molar-refractivity contribution in [3.63, 3.8) is 0 Å². The van der Waals surface area contributed by atoms with Gasteiger partial charge in [-0.15, -0.1) is 0 Å². The highest BCUT2D eigenvalue weighted by atomic mass is 15.6. The van der Waals surface area contributed by atoms with Crippen molar-refractivity contribution >= 4 is 40.8 Å². The molecule has 7 fully saturated rings. The van der Waals surface area contributed by atoms with E-state index in [9.17, 15) is 0 Å². The van der Waals surface area contributed by atoms with Crippen LogP contribution in [0.2, 0.25) is 0 Å². The zero-order valence-electron chi connectivity index (χ0n) is 56.7. The Morgan fingerprint density at radius 1 is 0.425 bits per heavy atom. The minimum Gasteiger partial charge on any atom is -0.339 e. The van der Waals surface area contributed by atoms with Crippen LogP contribution in [0, 0.1) is 22.7 Å². The molecule has 21 nitrogen and oxygen atoms in total. The number of rotatable bonds is 6. The fraction of sp³-hybridized carbons (Fsp3) is 0.803. The standard InChI is InChI=1S/C13H17N3.C11H21N3.2C10H19N3.C9H17N3.2C6H11N3.CH4/c1-15-10-16-12(7-8-13(16)14-15)9-11-5-3-2-4-6-11;1-11(2,3)7-9-5-6-10-12-13(4)8-14(9)10;1-10(2,3)8-5-6-9-11-12(4)7-13(8)9;1-8(2)6-9-4-5-10-11-12(3)7-13(9)10;1-7(2)8-4-5-9-10-11(3)6-12(8)9;2*1-8-5-9-4-2-3-6(9)7-8;/h2-6,12H,7-10H2,1H3;9H,5-8H2,1-4H3;8H,5-7H2,1-4H3;8-9H,4-7H2,1-3H3;7-8H,4-6H2,1-3H3;2*2-5H2,1H3;1H4/t12-;9-;8-;9-;8-;;;/m11111.../s1. The van der Waals surface area contributed by atoms with Gasteiger partial charge in [0.15, 0.2) is 0 Å². The summed E-state index contributed by atoms with van der Waals surface area (Å²) in [6.07, 6.45) is 21.0. The molecule has 0 amide bonds. The number of fused-ring (bicyclic) bond motifs is 7. The molecular formula is C66H119N21. The molecule has 0 spiro atoms. The van der Waals surface area contributed by atoms with Crippen molar-refractivity contribution in [2.45, 2.75) is 216 Å². The molecular weight excluding hydrogens is 1090 g/mol. The molecule has 488 valence electrons. The molecule has 14 heterocycles. The molecule has 0 unspecified atom stereocenters. The monoisotopic (exact) mass is 1210 g/mol. The van der Waals surface area contributed by atoms with E-state index in [0.717, 1.165) is 95.9 Å². The van der Waals surface area contributed by atoms with Crippen molar-refractivity contribution in [1.29, 1.82) is 0 Å². The second-order valence-corrected chi connectivity index (χ2v) is 29.7. The summed E-state index contributed by atoms with van der Waals surface area (Å²) in [4.78, 5) is 17.0. The van der Waals surface area contributed by atoms with E-state index in [1.165, 1.54) is 149 Å². The third-order valence-electron chi connectivity index (χ3n) is 18.8. The Bertz CT molecular complexity index is 2560. The van der Waals surface area contributed by atoms with Gasteiger partial charge in [-0.25, -0.2) is 0 Å². The van der Waals surface area contributed by atoms with Crippen LogP contribution >= 0.6 is 0 Å². The average Bonchev–Trinajstić information content (AvgIpc) is 2.24. The smallest absolute Gasteiger partial charge is 0.126 e. The normalized spacial score (nSPS) is 25.9. The minimum atomic E-state index is 0. The van der Waals surface area contributed by atoms with E-state index in [-0.39, 0.29) is 7.43 Å². The zero-order valence-corrected chi connectivity index (χ0v) is 56.7. The molecule has 21 heteroatoms. The fourth-order valence-corrected chi connectivity index (χ4v) is 15.0. The van der Waals surface area contributed by atoms with Gasteiger partial charge >= 0.3 is 0 Å². The largest absolute Gasteiger partial charge is 0.339 e. The summed E-state index contributed by atoms with van der Waals surface area (Å²) < 4.78 is 0. The van der Waals surface area contributed by atoms with Crippen molar-refractivity contribution in [3.8, 4) is 0 Å². The van der Waals surface area contributed by atoms with Gasteiger partial charge in [0.25, 0.3) is 0 Å². The van der Waals surface area contributed by atoms with Gasteiger partial charge in [0.2, 0.25) is 0 Å². The van der Waals surface area contributed by atoms with Crippen LogP contribution in [-0.4, -0.2) is 250 Å². The summed E-state index contributed by atoms with van der Waals surface area (Å²) in [6.45, 7) is 32.5. The molecule has 14 aliphatic rings. The van der Waals surface area contributed by atoms with E-state index in [1.807, 2.05) is 70.3 Å². The Balaban J connectivity index is 0.000000132. The predicted molar refractivity (Wildman–Crippen MR) is 361 cm³/mol. The first-order valence-corrected chi connectivity index (χ1v) is 33.2. The van der Waals surface area contributed by atoms with E-state index in [2.05, 4.69) is 184 Å². The van der Waals surface area contributed by atoms with Gasteiger partial charge in [-0.2, -0.15) is 35.7 Å². The number of amidine groups is 7. The lowest BCUT2D eigenvalue weighted by Crippen LogP contribution is -2.41. The second-order valence-electron chi connectivity index (χ2n) is 29.7. The number of hydrazone groups is 7. The summed E-state index contributed by atoms with van der Waals surface area (Å²) in [6, 6.07) is 14.3. The van der Waals surface area contributed by atoms with Crippen LogP contribution < -0.4 is 0 Å². The minimum absolute atomic E-state index is 0. The molecule has 0 aliphatic carbocycles. The Labute approximate surface area is 527 Å².